The molecule has 19 heavy (non-hydrogen) atoms. The molecule has 0 radical (unpaired) electrons. The van der Waals surface area contributed by atoms with Crippen LogP contribution in [0, 0.1) is 0 Å². The third kappa shape index (κ3) is 3.15. The zero-order valence-corrected chi connectivity index (χ0v) is 11.3. The van der Waals surface area contributed by atoms with Crippen molar-refractivity contribution in [3.63, 3.8) is 0 Å². The first-order chi connectivity index (χ1) is 9.31. The van der Waals surface area contributed by atoms with E-state index in [1.165, 1.54) is 32.1 Å². The molecule has 1 saturated heterocycles. The lowest BCUT2D eigenvalue weighted by atomic mass is 9.95. The second-order valence-corrected chi connectivity index (χ2v) is 5.63. The van der Waals surface area contributed by atoms with E-state index in [1.54, 1.807) is 6.33 Å². The molecule has 1 aromatic rings. The smallest absolute Gasteiger partial charge is 0.134 e. The summed E-state index contributed by atoms with van der Waals surface area (Å²) in [4.78, 5) is 10.7. The summed E-state index contributed by atoms with van der Waals surface area (Å²) in [5, 5.41) is 13.1. The highest BCUT2D eigenvalue weighted by molar-refractivity contribution is 5.49. The molecule has 1 saturated carbocycles. The number of aromatic nitrogens is 2. The van der Waals surface area contributed by atoms with Crippen LogP contribution in [-0.2, 0) is 0 Å². The van der Waals surface area contributed by atoms with Crippen LogP contribution in [0.2, 0.25) is 0 Å². The maximum atomic E-state index is 9.59. The molecule has 5 heteroatoms. The van der Waals surface area contributed by atoms with E-state index in [-0.39, 0.29) is 6.10 Å². The second-order valence-electron chi connectivity index (χ2n) is 5.63. The van der Waals surface area contributed by atoms with Gasteiger partial charge in [0.15, 0.2) is 0 Å². The highest BCUT2D eigenvalue weighted by atomic mass is 16.3. The average molecular weight is 262 g/mol. The van der Waals surface area contributed by atoms with Crippen molar-refractivity contribution in [2.24, 2.45) is 0 Å². The fourth-order valence-corrected chi connectivity index (χ4v) is 3.00. The quantitative estimate of drug-likeness (QED) is 0.869. The van der Waals surface area contributed by atoms with E-state index in [0.717, 1.165) is 24.6 Å². The summed E-state index contributed by atoms with van der Waals surface area (Å²) in [6.45, 7) is 1.56. The van der Waals surface area contributed by atoms with Crippen LogP contribution in [0.25, 0.3) is 0 Å². The van der Waals surface area contributed by atoms with Gasteiger partial charge in [0.05, 0.1) is 6.10 Å². The Bertz CT molecular complexity index is 420. The van der Waals surface area contributed by atoms with E-state index >= 15 is 0 Å². The Kier molecular flexibility index (Phi) is 3.82. The van der Waals surface area contributed by atoms with E-state index in [2.05, 4.69) is 20.2 Å². The van der Waals surface area contributed by atoms with Crippen LogP contribution in [-0.4, -0.2) is 40.3 Å². The Labute approximate surface area is 114 Å². The van der Waals surface area contributed by atoms with Gasteiger partial charge in [-0.1, -0.05) is 19.3 Å². The van der Waals surface area contributed by atoms with Crippen molar-refractivity contribution in [3.8, 4) is 0 Å². The molecule has 0 bridgehead atoms. The number of hydrogen-bond acceptors (Lipinski definition) is 5. The number of aliphatic hydroxyl groups is 1. The van der Waals surface area contributed by atoms with Gasteiger partial charge in [0.2, 0.25) is 0 Å². The Morgan fingerprint density at radius 2 is 2.00 bits per heavy atom. The maximum absolute atomic E-state index is 9.59. The molecule has 1 unspecified atom stereocenters. The van der Waals surface area contributed by atoms with Crippen molar-refractivity contribution in [2.45, 2.75) is 50.7 Å². The van der Waals surface area contributed by atoms with E-state index < -0.39 is 0 Å². The van der Waals surface area contributed by atoms with Crippen LogP contribution >= 0.6 is 0 Å². The molecule has 2 fully saturated rings. The minimum absolute atomic E-state index is 0.218. The summed E-state index contributed by atoms with van der Waals surface area (Å²) < 4.78 is 0. The second kappa shape index (κ2) is 5.74. The Balaban J connectivity index is 1.65. The minimum Gasteiger partial charge on any atom is -0.391 e. The lowest BCUT2D eigenvalue weighted by Crippen LogP contribution is -2.24. The molecule has 5 nitrogen and oxygen atoms in total. The fourth-order valence-electron chi connectivity index (χ4n) is 3.00. The van der Waals surface area contributed by atoms with Gasteiger partial charge >= 0.3 is 0 Å². The highest BCUT2D eigenvalue weighted by Gasteiger charge is 2.22. The van der Waals surface area contributed by atoms with Crippen molar-refractivity contribution in [1.82, 2.24) is 9.97 Å². The number of rotatable bonds is 3. The summed E-state index contributed by atoms with van der Waals surface area (Å²) in [5.41, 5.74) is 0. The molecule has 0 aromatic carbocycles. The zero-order valence-electron chi connectivity index (χ0n) is 11.3. The largest absolute Gasteiger partial charge is 0.391 e. The molecule has 1 aliphatic carbocycles. The molecular formula is C14H22N4O. The van der Waals surface area contributed by atoms with Crippen LogP contribution in [0.15, 0.2) is 12.4 Å². The number of β-amino-alcohol motifs (C(OH)–C–C–N with tert-alkyl or cyclic N) is 1. The number of hydrogen-bond donors (Lipinski definition) is 2. The topological polar surface area (TPSA) is 61.3 Å². The van der Waals surface area contributed by atoms with Gasteiger partial charge in [0.1, 0.15) is 18.0 Å². The predicted molar refractivity (Wildman–Crippen MR) is 75.4 cm³/mol. The number of nitrogens with zero attached hydrogens (tertiary/aromatic N) is 3. The van der Waals surface area contributed by atoms with Crippen molar-refractivity contribution < 1.29 is 5.11 Å². The van der Waals surface area contributed by atoms with E-state index in [0.29, 0.717) is 12.6 Å². The fraction of sp³-hybridized carbons (Fsp3) is 0.714. The van der Waals surface area contributed by atoms with E-state index in [4.69, 9.17) is 0 Å². The van der Waals surface area contributed by atoms with Gasteiger partial charge in [0.25, 0.3) is 0 Å². The lowest BCUT2D eigenvalue weighted by molar-refractivity contribution is 0.198. The maximum Gasteiger partial charge on any atom is 0.134 e. The first-order valence-corrected chi connectivity index (χ1v) is 7.33. The summed E-state index contributed by atoms with van der Waals surface area (Å²) >= 11 is 0. The summed E-state index contributed by atoms with van der Waals surface area (Å²) in [6.07, 6.45) is 8.69. The molecule has 1 aliphatic heterocycles. The van der Waals surface area contributed by atoms with Crippen molar-refractivity contribution in [3.05, 3.63) is 12.4 Å². The third-order valence-corrected chi connectivity index (χ3v) is 4.10. The van der Waals surface area contributed by atoms with Crippen LogP contribution in [0.3, 0.4) is 0 Å². The summed E-state index contributed by atoms with van der Waals surface area (Å²) in [7, 11) is 0. The number of aliphatic hydroxyl groups excluding tert-OH is 1. The number of nitrogens with one attached hydrogen (secondary N) is 1. The summed E-state index contributed by atoms with van der Waals surface area (Å²) in [5.74, 6) is 1.84. The van der Waals surface area contributed by atoms with Gasteiger partial charge in [-0.05, 0) is 19.3 Å². The molecule has 0 amide bonds. The predicted octanol–water partition coefficient (Wildman–Crippen LogP) is 1.79. The Hall–Kier alpha value is -1.36. The third-order valence-electron chi connectivity index (χ3n) is 4.10. The molecule has 104 valence electrons. The van der Waals surface area contributed by atoms with Crippen LogP contribution in [0.1, 0.15) is 38.5 Å². The zero-order chi connectivity index (χ0) is 13.1. The molecular weight excluding hydrogens is 240 g/mol. The van der Waals surface area contributed by atoms with E-state index in [9.17, 15) is 5.11 Å². The molecule has 2 aliphatic rings. The standard InChI is InChI=1S/C14H22N4O/c19-12-6-7-18(9-12)14-8-13(15-10-16-14)17-11-4-2-1-3-5-11/h8,10-12,19H,1-7,9H2,(H,15,16,17). The first kappa shape index (κ1) is 12.7. The average Bonchev–Trinajstić information content (AvgIpc) is 2.87. The molecule has 1 aromatic heterocycles. The van der Waals surface area contributed by atoms with Gasteiger partial charge in [-0.3, -0.25) is 0 Å². The minimum atomic E-state index is -0.218. The van der Waals surface area contributed by atoms with E-state index in [1.807, 2.05) is 6.07 Å². The monoisotopic (exact) mass is 262 g/mol. The van der Waals surface area contributed by atoms with Crippen LogP contribution in [0.5, 0.6) is 0 Å². The van der Waals surface area contributed by atoms with Crippen molar-refractivity contribution in [1.29, 1.82) is 0 Å². The molecule has 1 atom stereocenters. The highest BCUT2D eigenvalue weighted by Crippen LogP contribution is 2.23. The van der Waals surface area contributed by atoms with Gasteiger partial charge in [-0.2, -0.15) is 0 Å². The number of anilines is 2. The van der Waals surface area contributed by atoms with Crippen molar-refractivity contribution >= 4 is 11.6 Å². The van der Waals surface area contributed by atoms with Gasteiger partial charge in [-0.15, -0.1) is 0 Å². The van der Waals surface area contributed by atoms with Gasteiger partial charge in [0, 0.05) is 25.2 Å². The molecule has 2 N–H and O–H groups in total. The summed E-state index contributed by atoms with van der Waals surface area (Å²) in [6, 6.07) is 2.56. The lowest BCUT2D eigenvalue weighted by Gasteiger charge is -2.24. The Morgan fingerprint density at radius 3 is 2.74 bits per heavy atom. The van der Waals surface area contributed by atoms with Crippen LogP contribution in [0.4, 0.5) is 11.6 Å². The van der Waals surface area contributed by atoms with Crippen molar-refractivity contribution in [2.75, 3.05) is 23.3 Å². The van der Waals surface area contributed by atoms with Gasteiger partial charge < -0.3 is 15.3 Å². The SMILES string of the molecule is OC1CCN(c2cc(NC3CCCCC3)ncn2)C1. The van der Waals surface area contributed by atoms with Gasteiger partial charge in [-0.25, -0.2) is 9.97 Å². The Morgan fingerprint density at radius 1 is 1.16 bits per heavy atom. The molecule has 3 rings (SSSR count). The molecule has 2 heterocycles. The molecule has 0 spiro atoms. The van der Waals surface area contributed by atoms with Crippen LogP contribution < -0.4 is 10.2 Å². The first-order valence-electron chi connectivity index (χ1n) is 7.33. The normalized spacial score (nSPS) is 24.7.